The Kier molecular flexibility index (Phi) is 8.06. The number of hydrogen-bond acceptors (Lipinski definition) is 5. The summed E-state index contributed by atoms with van der Waals surface area (Å²) in [5, 5.41) is 18.1. The molecule has 30 heavy (non-hydrogen) atoms. The molecule has 0 spiro atoms. The van der Waals surface area contributed by atoms with E-state index < -0.39 is 17.4 Å². The van der Waals surface area contributed by atoms with E-state index in [-0.39, 0.29) is 24.3 Å². The summed E-state index contributed by atoms with van der Waals surface area (Å²) in [7, 11) is 0. The minimum absolute atomic E-state index is 0.0496. The SMILES string of the molecule is CC1CNCCC1(C(=O)OCc1ccccc1)c1ccccc1F.O=C(O)C(=O)O. The van der Waals surface area contributed by atoms with Crippen molar-refractivity contribution in [2.24, 2.45) is 5.92 Å². The monoisotopic (exact) mass is 417 g/mol. The molecular weight excluding hydrogens is 393 g/mol. The van der Waals surface area contributed by atoms with Crippen molar-refractivity contribution < 1.29 is 33.7 Å². The number of carbonyl (C=O) groups excluding carboxylic acids is 1. The van der Waals surface area contributed by atoms with Crippen molar-refractivity contribution in [1.29, 1.82) is 0 Å². The lowest BCUT2D eigenvalue weighted by Crippen LogP contribution is -2.53. The van der Waals surface area contributed by atoms with Crippen LogP contribution in [0.3, 0.4) is 0 Å². The Morgan fingerprint density at radius 3 is 2.23 bits per heavy atom. The molecule has 8 heteroatoms. The van der Waals surface area contributed by atoms with Gasteiger partial charge in [0.25, 0.3) is 0 Å². The van der Waals surface area contributed by atoms with Crippen LogP contribution in [-0.4, -0.2) is 41.2 Å². The zero-order valence-corrected chi connectivity index (χ0v) is 16.5. The summed E-state index contributed by atoms with van der Waals surface area (Å²) in [6.45, 7) is 3.51. The number of carboxylic acid groups (broad SMARTS) is 2. The number of aliphatic carboxylic acids is 2. The van der Waals surface area contributed by atoms with Gasteiger partial charge in [-0.2, -0.15) is 0 Å². The first-order valence-corrected chi connectivity index (χ1v) is 9.42. The third-order valence-corrected chi connectivity index (χ3v) is 5.10. The van der Waals surface area contributed by atoms with E-state index in [4.69, 9.17) is 24.5 Å². The summed E-state index contributed by atoms with van der Waals surface area (Å²) in [5.41, 5.74) is 0.430. The molecule has 0 aliphatic carbocycles. The highest BCUT2D eigenvalue weighted by Gasteiger charge is 2.49. The van der Waals surface area contributed by atoms with E-state index in [0.717, 1.165) is 5.56 Å². The fourth-order valence-corrected chi connectivity index (χ4v) is 3.51. The van der Waals surface area contributed by atoms with Crippen molar-refractivity contribution in [3.05, 3.63) is 71.5 Å². The molecule has 3 N–H and O–H groups in total. The molecule has 0 saturated carbocycles. The molecule has 2 aromatic carbocycles. The summed E-state index contributed by atoms with van der Waals surface area (Å²) >= 11 is 0. The zero-order valence-electron chi connectivity index (χ0n) is 16.5. The minimum Gasteiger partial charge on any atom is -0.473 e. The highest BCUT2D eigenvalue weighted by atomic mass is 19.1. The van der Waals surface area contributed by atoms with Crippen LogP contribution < -0.4 is 5.32 Å². The molecule has 0 amide bonds. The molecule has 1 heterocycles. The number of carboxylic acids is 2. The van der Waals surface area contributed by atoms with Gasteiger partial charge in [-0.3, -0.25) is 4.79 Å². The first-order chi connectivity index (χ1) is 14.3. The van der Waals surface area contributed by atoms with Crippen molar-refractivity contribution in [2.45, 2.75) is 25.4 Å². The lowest BCUT2D eigenvalue weighted by atomic mass is 9.66. The van der Waals surface area contributed by atoms with E-state index in [1.165, 1.54) is 6.07 Å². The van der Waals surface area contributed by atoms with Crippen LogP contribution in [0.15, 0.2) is 54.6 Å². The molecule has 1 saturated heterocycles. The Morgan fingerprint density at radius 2 is 1.67 bits per heavy atom. The molecule has 3 rings (SSSR count). The maximum absolute atomic E-state index is 14.5. The summed E-state index contributed by atoms with van der Waals surface area (Å²) < 4.78 is 20.1. The molecular formula is C22H24FNO6. The van der Waals surface area contributed by atoms with Gasteiger partial charge in [0, 0.05) is 5.56 Å². The number of nitrogens with one attached hydrogen (secondary N) is 1. The molecule has 0 radical (unpaired) electrons. The van der Waals surface area contributed by atoms with Gasteiger partial charge in [0.2, 0.25) is 0 Å². The molecule has 160 valence electrons. The number of rotatable bonds is 4. The van der Waals surface area contributed by atoms with Gasteiger partial charge in [0.15, 0.2) is 0 Å². The minimum atomic E-state index is -1.82. The van der Waals surface area contributed by atoms with Crippen molar-refractivity contribution >= 4 is 17.9 Å². The number of esters is 1. The van der Waals surface area contributed by atoms with Crippen LogP contribution in [0.4, 0.5) is 4.39 Å². The number of hydrogen-bond donors (Lipinski definition) is 3. The second-order valence-corrected chi connectivity index (χ2v) is 6.98. The van der Waals surface area contributed by atoms with Crippen molar-refractivity contribution in [3.8, 4) is 0 Å². The van der Waals surface area contributed by atoms with Crippen LogP contribution in [0.2, 0.25) is 0 Å². The van der Waals surface area contributed by atoms with E-state index in [2.05, 4.69) is 5.32 Å². The predicted molar refractivity (Wildman–Crippen MR) is 106 cm³/mol. The Balaban J connectivity index is 0.000000469. The van der Waals surface area contributed by atoms with Gasteiger partial charge in [-0.25, -0.2) is 14.0 Å². The van der Waals surface area contributed by atoms with Gasteiger partial charge >= 0.3 is 17.9 Å². The summed E-state index contributed by atoms with van der Waals surface area (Å²) in [6, 6.07) is 16.1. The maximum atomic E-state index is 14.5. The summed E-state index contributed by atoms with van der Waals surface area (Å²) in [4.78, 5) is 31.2. The Bertz CT molecular complexity index is 876. The lowest BCUT2D eigenvalue weighted by molar-refractivity contribution is -0.159. The van der Waals surface area contributed by atoms with Gasteiger partial charge in [-0.15, -0.1) is 0 Å². The quantitative estimate of drug-likeness (QED) is 0.518. The van der Waals surface area contributed by atoms with Crippen LogP contribution in [0.5, 0.6) is 0 Å². The van der Waals surface area contributed by atoms with Crippen molar-refractivity contribution in [1.82, 2.24) is 5.32 Å². The lowest BCUT2D eigenvalue weighted by Gasteiger charge is -2.41. The topological polar surface area (TPSA) is 113 Å². The highest BCUT2D eigenvalue weighted by Crippen LogP contribution is 2.40. The molecule has 1 fully saturated rings. The molecule has 1 aliphatic rings. The van der Waals surface area contributed by atoms with Gasteiger partial charge < -0.3 is 20.3 Å². The third kappa shape index (κ3) is 5.42. The van der Waals surface area contributed by atoms with Crippen LogP contribution in [0, 0.1) is 11.7 Å². The van der Waals surface area contributed by atoms with Gasteiger partial charge in [-0.05, 0) is 37.1 Å². The number of piperidine rings is 1. The fraction of sp³-hybridized carbons (Fsp3) is 0.318. The number of halogens is 1. The Labute approximate surface area is 173 Å². The van der Waals surface area contributed by atoms with E-state index >= 15 is 0 Å². The zero-order chi connectivity index (χ0) is 22.1. The average molecular weight is 417 g/mol. The summed E-state index contributed by atoms with van der Waals surface area (Å²) in [6.07, 6.45) is 0.530. The van der Waals surface area contributed by atoms with Crippen molar-refractivity contribution in [3.63, 3.8) is 0 Å². The molecule has 2 unspecified atom stereocenters. The normalized spacial score (nSPS) is 20.4. The maximum Gasteiger partial charge on any atom is 0.414 e. The molecule has 1 aliphatic heterocycles. The standard InChI is InChI=1S/C20H22FNO2.C2H2O4/c1-15-13-22-12-11-20(15,17-9-5-6-10-18(17)21)19(23)24-14-16-7-3-2-4-8-16;3-1(4)2(5)6/h2-10,15,22H,11-14H2,1H3;(H,3,4)(H,5,6). The van der Waals surface area contributed by atoms with Gasteiger partial charge in [-0.1, -0.05) is 55.5 Å². The second-order valence-electron chi connectivity index (χ2n) is 6.98. The smallest absolute Gasteiger partial charge is 0.414 e. The third-order valence-electron chi connectivity index (χ3n) is 5.10. The molecule has 0 bridgehead atoms. The predicted octanol–water partition coefficient (Wildman–Crippen LogP) is 2.59. The molecule has 7 nitrogen and oxygen atoms in total. The van der Waals surface area contributed by atoms with Crippen LogP contribution in [-0.2, 0) is 31.1 Å². The molecule has 2 atom stereocenters. The Morgan fingerprint density at radius 1 is 1.07 bits per heavy atom. The van der Waals surface area contributed by atoms with Crippen LogP contribution in [0.1, 0.15) is 24.5 Å². The van der Waals surface area contributed by atoms with Crippen LogP contribution >= 0.6 is 0 Å². The largest absolute Gasteiger partial charge is 0.473 e. The summed E-state index contributed by atoms with van der Waals surface area (Å²) in [5.74, 6) is -4.38. The van der Waals surface area contributed by atoms with E-state index in [1.54, 1.807) is 18.2 Å². The molecule has 2 aromatic rings. The van der Waals surface area contributed by atoms with Crippen LogP contribution in [0.25, 0.3) is 0 Å². The van der Waals surface area contributed by atoms with E-state index in [0.29, 0.717) is 25.1 Å². The highest BCUT2D eigenvalue weighted by molar-refractivity contribution is 6.27. The van der Waals surface area contributed by atoms with E-state index in [1.807, 2.05) is 37.3 Å². The van der Waals surface area contributed by atoms with E-state index in [9.17, 15) is 9.18 Å². The first-order valence-electron chi connectivity index (χ1n) is 9.42. The average Bonchev–Trinajstić information content (AvgIpc) is 2.74. The fourth-order valence-electron chi connectivity index (χ4n) is 3.51. The second kappa shape index (κ2) is 10.5. The van der Waals surface area contributed by atoms with Crippen molar-refractivity contribution in [2.75, 3.05) is 13.1 Å². The number of carbonyl (C=O) groups is 3. The first kappa shape index (κ1) is 23.0. The van der Waals surface area contributed by atoms with Gasteiger partial charge in [0.1, 0.15) is 17.8 Å². The number of ether oxygens (including phenoxy) is 1. The van der Waals surface area contributed by atoms with Gasteiger partial charge in [0.05, 0.1) is 0 Å². The number of benzene rings is 2. The molecule has 0 aromatic heterocycles. The Hall–Kier alpha value is -3.26.